The zero-order valence-electron chi connectivity index (χ0n) is 12.7. The number of rotatable bonds is 3. The molecule has 1 amide bonds. The van der Waals surface area contributed by atoms with Crippen LogP contribution in [0.5, 0.6) is 0 Å². The fourth-order valence-corrected chi connectivity index (χ4v) is 3.74. The minimum atomic E-state index is -0.710. The second kappa shape index (κ2) is 6.15. The second-order valence-electron chi connectivity index (χ2n) is 7.35. The van der Waals surface area contributed by atoms with Crippen molar-refractivity contribution in [1.29, 1.82) is 0 Å². The molecule has 20 heavy (non-hydrogen) atoms. The van der Waals surface area contributed by atoms with Crippen molar-refractivity contribution in [1.82, 2.24) is 5.32 Å². The molecule has 1 unspecified atom stereocenters. The van der Waals surface area contributed by atoms with Crippen molar-refractivity contribution in [3.63, 3.8) is 0 Å². The van der Waals surface area contributed by atoms with Crippen molar-refractivity contribution < 1.29 is 14.7 Å². The Morgan fingerprint density at radius 1 is 1.05 bits per heavy atom. The van der Waals surface area contributed by atoms with E-state index in [2.05, 4.69) is 19.2 Å². The predicted molar refractivity (Wildman–Crippen MR) is 77.3 cm³/mol. The highest BCUT2D eigenvalue weighted by atomic mass is 16.4. The van der Waals surface area contributed by atoms with Crippen LogP contribution in [0.1, 0.15) is 65.2 Å². The van der Waals surface area contributed by atoms with Crippen LogP contribution in [0.25, 0.3) is 0 Å². The molecule has 2 fully saturated rings. The van der Waals surface area contributed by atoms with Crippen molar-refractivity contribution in [2.75, 3.05) is 0 Å². The van der Waals surface area contributed by atoms with E-state index >= 15 is 0 Å². The third kappa shape index (κ3) is 3.97. The highest BCUT2D eigenvalue weighted by Gasteiger charge is 2.33. The molecule has 2 N–H and O–H groups in total. The van der Waals surface area contributed by atoms with Crippen LogP contribution < -0.4 is 5.32 Å². The summed E-state index contributed by atoms with van der Waals surface area (Å²) in [6, 6.07) is 0.309. The molecule has 0 aliphatic heterocycles. The van der Waals surface area contributed by atoms with Crippen molar-refractivity contribution in [2.24, 2.45) is 17.3 Å². The molecule has 0 bridgehead atoms. The number of hydrogen-bond donors (Lipinski definition) is 2. The van der Waals surface area contributed by atoms with Crippen molar-refractivity contribution >= 4 is 11.9 Å². The normalized spacial score (nSPS) is 33.4. The molecule has 114 valence electrons. The van der Waals surface area contributed by atoms with Gasteiger partial charge in [0.2, 0.25) is 5.91 Å². The Balaban J connectivity index is 1.79. The minimum absolute atomic E-state index is 0.0237. The van der Waals surface area contributed by atoms with Crippen LogP contribution in [0.2, 0.25) is 0 Å². The molecule has 1 atom stereocenters. The Morgan fingerprint density at radius 2 is 1.65 bits per heavy atom. The molecule has 0 radical (unpaired) electrons. The monoisotopic (exact) mass is 281 g/mol. The molecule has 4 heteroatoms. The average molecular weight is 281 g/mol. The van der Waals surface area contributed by atoms with E-state index in [4.69, 9.17) is 5.11 Å². The Labute approximate surface area is 121 Å². The largest absolute Gasteiger partial charge is 0.481 e. The summed E-state index contributed by atoms with van der Waals surface area (Å²) < 4.78 is 0. The Kier molecular flexibility index (Phi) is 4.71. The highest BCUT2D eigenvalue weighted by molar-refractivity contribution is 5.79. The number of nitrogens with one attached hydrogen (secondary N) is 1. The molecule has 2 rings (SSSR count). The van der Waals surface area contributed by atoms with E-state index in [9.17, 15) is 9.59 Å². The van der Waals surface area contributed by atoms with Crippen LogP contribution in [0, 0.1) is 17.3 Å². The first kappa shape index (κ1) is 15.3. The first-order valence-electron chi connectivity index (χ1n) is 7.90. The van der Waals surface area contributed by atoms with Gasteiger partial charge in [0.05, 0.1) is 5.92 Å². The predicted octanol–water partition coefficient (Wildman–Crippen LogP) is 2.96. The van der Waals surface area contributed by atoms with Gasteiger partial charge in [0.1, 0.15) is 0 Å². The lowest BCUT2D eigenvalue weighted by molar-refractivity contribution is -0.144. The number of carbonyl (C=O) groups is 2. The summed E-state index contributed by atoms with van der Waals surface area (Å²) in [6.07, 6.45) is 7.29. The number of hydrogen-bond acceptors (Lipinski definition) is 2. The lowest BCUT2D eigenvalue weighted by Gasteiger charge is -2.36. The van der Waals surface area contributed by atoms with E-state index in [0.29, 0.717) is 24.3 Å². The molecule has 0 spiro atoms. The quantitative estimate of drug-likeness (QED) is 0.835. The summed E-state index contributed by atoms with van der Waals surface area (Å²) in [7, 11) is 0. The van der Waals surface area contributed by atoms with Gasteiger partial charge in [-0.2, -0.15) is 0 Å². The third-order valence-corrected chi connectivity index (χ3v) is 5.00. The van der Waals surface area contributed by atoms with Gasteiger partial charge in [-0.15, -0.1) is 0 Å². The number of carboxylic acids is 1. The van der Waals surface area contributed by atoms with E-state index in [1.165, 1.54) is 12.8 Å². The van der Waals surface area contributed by atoms with Gasteiger partial charge in [-0.1, -0.05) is 20.3 Å². The third-order valence-electron chi connectivity index (χ3n) is 5.00. The van der Waals surface area contributed by atoms with Gasteiger partial charge in [-0.25, -0.2) is 0 Å². The number of carbonyl (C=O) groups excluding carboxylic acids is 1. The van der Waals surface area contributed by atoms with E-state index in [0.717, 1.165) is 25.7 Å². The first-order chi connectivity index (χ1) is 9.37. The van der Waals surface area contributed by atoms with E-state index in [1.807, 2.05) is 0 Å². The lowest BCUT2D eigenvalue weighted by Crippen LogP contribution is -2.44. The maximum atomic E-state index is 12.3. The second-order valence-corrected chi connectivity index (χ2v) is 7.35. The maximum absolute atomic E-state index is 12.3. The van der Waals surface area contributed by atoms with Crippen LogP contribution >= 0.6 is 0 Å². The Morgan fingerprint density at radius 3 is 2.20 bits per heavy atom. The molecule has 2 saturated carbocycles. The summed E-state index contributed by atoms with van der Waals surface area (Å²) >= 11 is 0. The molecule has 0 saturated heterocycles. The molecule has 0 aromatic carbocycles. The van der Waals surface area contributed by atoms with Crippen molar-refractivity contribution in [2.45, 2.75) is 71.3 Å². The minimum Gasteiger partial charge on any atom is -0.481 e. The summed E-state index contributed by atoms with van der Waals surface area (Å²) in [4.78, 5) is 23.2. The van der Waals surface area contributed by atoms with Gasteiger partial charge in [-0.05, 0) is 50.4 Å². The van der Waals surface area contributed by atoms with Crippen LogP contribution in [0.3, 0.4) is 0 Å². The van der Waals surface area contributed by atoms with E-state index in [-0.39, 0.29) is 17.7 Å². The van der Waals surface area contributed by atoms with Gasteiger partial charge < -0.3 is 10.4 Å². The van der Waals surface area contributed by atoms with Gasteiger partial charge in [-0.3, -0.25) is 9.59 Å². The molecular weight excluding hydrogens is 254 g/mol. The van der Waals surface area contributed by atoms with Gasteiger partial charge in [0, 0.05) is 12.0 Å². The zero-order valence-corrected chi connectivity index (χ0v) is 12.7. The maximum Gasteiger partial charge on any atom is 0.306 e. The van der Waals surface area contributed by atoms with Gasteiger partial charge >= 0.3 is 5.97 Å². The molecule has 4 nitrogen and oxygen atoms in total. The van der Waals surface area contributed by atoms with Crippen LogP contribution in [0.15, 0.2) is 0 Å². The molecule has 0 aromatic rings. The summed E-state index contributed by atoms with van der Waals surface area (Å²) in [5, 5.41) is 12.2. The summed E-state index contributed by atoms with van der Waals surface area (Å²) in [5.74, 6) is -0.780. The number of carboxylic acid groups (broad SMARTS) is 1. The van der Waals surface area contributed by atoms with Crippen LogP contribution in [-0.2, 0) is 9.59 Å². The van der Waals surface area contributed by atoms with Crippen molar-refractivity contribution in [3.05, 3.63) is 0 Å². The summed E-state index contributed by atoms with van der Waals surface area (Å²) in [6.45, 7) is 4.53. The van der Waals surface area contributed by atoms with Crippen LogP contribution in [-0.4, -0.2) is 23.0 Å². The van der Waals surface area contributed by atoms with E-state index in [1.54, 1.807) is 0 Å². The van der Waals surface area contributed by atoms with Gasteiger partial charge in [0.15, 0.2) is 0 Å². The van der Waals surface area contributed by atoms with Gasteiger partial charge in [0.25, 0.3) is 0 Å². The SMILES string of the molecule is CC1(C)CCCC(NC(=O)C2CCC(C(=O)O)CC2)C1. The number of amides is 1. The number of aliphatic carboxylic acids is 1. The molecular formula is C16H27NO3. The fraction of sp³-hybridized carbons (Fsp3) is 0.875. The average Bonchev–Trinajstić information content (AvgIpc) is 2.37. The fourth-order valence-electron chi connectivity index (χ4n) is 3.74. The molecule has 2 aliphatic carbocycles. The summed E-state index contributed by atoms with van der Waals surface area (Å²) in [5.41, 5.74) is 0.331. The smallest absolute Gasteiger partial charge is 0.306 e. The van der Waals surface area contributed by atoms with E-state index < -0.39 is 5.97 Å². The Hall–Kier alpha value is -1.06. The van der Waals surface area contributed by atoms with Crippen molar-refractivity contribution in [3.8, 4) is 0 Å². The molecule has 2 aliphatic rings. The first-order valence-corrected chi connectivity index (χ1v) is 7.90. The zero-order chi connectivity index (χ0) is 14.8. The Bertz CT molecular complexity index is 370. The topological polar surface area (TPSA) is 66.4 Å². The standard InChI is InChI=1S/C16H27NO3/c1-16(2)9-3-4-13(10-16)17-14(18)11-5-7-12(8-6-11)15(19)20/h11-13H,3-10H2,1-2H3,(H,17,18)(H,19,20). The molecule has 0 heterocycles. The lowest BCUT2D eigenvalue weighted by atomic mass is 9.75. The van der Waals surface area contributed by atoms with Crippen LogP contribution in [0.4, 0.5) is 0 Å². The molecule has 0 aromatic heterocycles. The highest BCUT2D eigenvalue weighted by Crippen LogP contribution is 2.35.